The second kappa shape index (κ2) is 8.12. The van der Waals surface area contributed by atoms with Crippen LogP contribution < -0.4 is 19.7 Å². The molecule has 0 aromatic heterocycles. The van der Waals surface area contributed by atoms with E-state index in [2.05, 4.69) is 10.3 Å². The molecule has 2 aromatic rings. The number of halogens is 1. The number of anilines is 2. The lowest BCUT2D eigenvalue weighted by Crippen LogP contribution is -2.32. The van der Waals surface area contributed by atoms with E-state index in [-0.39, 0.29) is 18.9 Å². The highest BCUT2D eigenvalue weighted by molar-refractivity contribution is 8.15. The summed E-state index contributed by atoms with van der Waals surface area (Å²) in [6.07, 6.45) is -0.0244. The summed E-state index contributed by atoms with van der Waals surface area (Å²) in [7, 11) is 0. The van der Waals surface area contributed by atoms with Crippen LogP contribution in [0.15, 0.2) is 47.5 Å². The molecule has 0 saturated carbocycles. The summed E-state index contributed by atoms with van der Waals surface area (Å²) in [5.41, 5.74) is 0.694. The smallest absolute Gasteiger partial charge is 0.247 e. The van der Waals surface area contributed by atoms with E-state index in [1.807, 2.05) is 13.0 Å². The predicted octanol–water partition coefficient (Wildman–Crippen LogP) is 3.41. The summed E-state index contributed by atoms with van der Waals surface area (Å²) in [5.74, 6) is -0.221. The zero-order chi connectivity index (χ0) is 20.4. The number of carbonyl (C=O) groups excluding carboxylic acids is 2. The molecule has 2 amide bonds. The molecule has 9 heteroatoms. The summed E-state index contributed by atoms with van der Waals surface area (Å²) < 4.78 is 24.8. The van der Waals surface area contributed by atoms with Crippen LogP contribution in [0.2, 0.25) is 0 Å². The van der Waals surface area contributed by atoms with E-state index in [1.54, 1.807) is 18.2 Å². The van der Waals surface area contributed by atoms with Crippen LogP contribution in [0.4, 0.5) is 15.8 Å². The average molecular weight is 415 g/mol. The largest absolute Gasteiger partial charge is 0.454 e. The van der Waals surface area contributed by atoms with Gasteiger partial charge in [0.15, 0.2) is 16.7 Å². The van der Waals surface area contributed by atoms with E-state index >= 15 is 0 Å². The first-order valence-corrected chi connectivity index (χ1v) is 9.94. The molecule has 1 saturated heterocycles. The fourth-order valence-electron chi connectivity index (χ4n) is 3.06. The van der Waals surface area contributed by atoms with E-state index in [0.717, 1.165) is 22.3 Å². The molecule has 0 aliphatic carbocycles. The molecule has 29 heavy (non-hydrogen) atoms. The van der Waals surface area contributed by atoms with Gasteiger partial charge < -0.3 is 14.8 Å². The molecule has 4 rings (SSSR count). The first kappa shape index (κ1) is 19.3. The van der Waals surface area contributed by atoms with Gasteiger partial charge in [-0.25, -0.2) is 9.29 Å². The van der Waals surface area contributed by atoms with Gasteiger partial charge in [-0.3, -0.25) is 14.6 Å². The Bertz CT molecular complexity index is 997. The number of amidine groups is 1. The van der Waals surface area contributed by atoms with Crippen LogP contribution in [0, 0.1) is 5.82 Å². The molecular weight excluding hydrogens is 397 g/mol. The van der Waals surface area contributed by atoms with Crippen molar-refractivity contribution in [3.8, 4) is 11.5 Å². The molecule has 0 unspecified atom stereocenters. The van der Waals surface area contributed by atoms with Crippen LogP contribution in [0.1, 0.15) is 13.3 Å². The molecule has 1 N–H and O–H groups in total. The quantitative estimate of drug-likeness (QED) is 0.468. The maximum atomic E-state index is 14.1. The number of amides is 2. The van der Waals surface area contributed by atoms with Crippen molar-refractivity contribution < 1.29 is 23.5 Å². The van der Waals surface area contributed by atoms with Gasteiger partial charge in [0.25, 0.3) is 0 Å². The van der Waals surface area contributed by atoms with Gasteiger partial charge in [0.05, 0.1) is 5.69 Å². The lowest BCUT2D eigenvalue weighted by Gasteiger charge is -2.16. The third-order valence-electron chi connectivity index (χ3n) is 4.38. The predicted molar refractivity (Wildman–Crippen MR) is 109 cm³/mol. The topological polar surface area (TPSA) is 80.2 Å². The molecule has 7 nitrogen and oxygen atoms in total. The van der Waals surface area contributed by atoms with Crippen molar-refractivity contribution in [2.24, 2.45) is 4.99 Å². The van der Waals surface area contributed by atoms with Crippen LogP contribution >= 0.6 is 11.8 Å². The van der Waals surface area contributed by atoms with Gasteiger partial charge in [0, 0.05) is 24.7 Å². The molecule has 1 atom stereocenters. The number of nitrogens with one attached hydrogen (secondary N) is 1. The Kier molecular flexibility index (Phi) is 5.39. The van der Waals surface area contributed by atoms with Gasteiger partial charge in [-0.05, 0) is 31.2 Å². The van der Waals surface area contributed by atoms with Gasteiger partial charge >= 0.3 is 0 Å². The number of para-hydroxylation sites is 1. The Labute approximate surface area is 170 Å². The average Bonchev–Trinajstić information content (AvgIpc) is 3.27. The normalized spacial score (nSPS) is 18.5. The minimum Gasteiger partial charge on any atom is -0.454 e. The SMILES string of the molecule is CCN=C(Nc1ccc2c(c1)OCO2)S[C@H]1CC(=O)N(c2ccccc2F)C1=O. The molecule has 0 spiro atoms. The summed E-state index contributed by atoms with van der Waals surface area (Å²) in [4.78, 5) is 30.5. The summed E-state index contributed by atoms with van der Waals surface area (Å²) in [6.45, 7) is 2.54. The van der Waals surface area contributed by atoms with Crippen molar-refractivity contribution in [3.05, 3.63) is 48.3 Å². The zero-order valence-corrected chi connectivity index (χ0v) is 16.4. The summed E-state index contributed by atoms with van der Waals surface area (Å²) in [6, 6.07) is 11.1. The number of benzene rings is 2. The van der Waals surface area contributed by atoms with E-state index < -0.39 is 22.9 Å². The highest BCUT2D eigenvalue weighted by atomic mass is 32.2. The minimum absolute atomic E-state index is 0.0244. The van der Waals surface area contributed by atoms with Crippen molar-refractivity contribution in [2.45, 2.75) is 18.6 Å². The van der Waals surface area contributed by atoms with E-state index in [4.69, 9.17) is 9.47 Å². The minimum atomic E-state index is -0.686. The van der Waals surface area contributed by atoms with E-state index in [9.17, 15) is 14.0 Å². The number of hydrogen-bond acceptors (Lipinski definition) is 6. The molecule has 2 aliphatic heterocycles. The third-order valence-corrected chi connectivity index (χ3v) is 5.49. The fourth-order valence-corrected chi connectivity index (χ4v) is 4.15. The Morgan fingerprint density at radius 3 is 2.83 bits per heavy atom. The molecule has 2 heterocycles. The highest BCUT2D eigenvalue weighted by Crippen LogP contribution is 2.35. The van der Waals surface area contributed by atoms with Crippen LogP contribution in [0.5, 0.6) is 11.5 Å². The standard InChI is InChI=1S/C20H18FN3O4S/c1-2-22-20(23-12-7-8-15-16(9-12)28-11-27-15)29-17-10-18(25)24(19(17)26)14-6-4-3-5-13(14)21/h3-9,17H,2,10-11H2,1H3,(H,22,23)/t17-/m0/s1. The highest BCUT2D eigenvalue weighted by Gasteiger charge is 2.41. The van der Waals surface area contributed by atoms with Crippen molar-refractivity contribution in [3.63, 3.8) is 0 Å². The first-order chi connectivity index (χ1) is 14.1. The Hall–Kier alpha value is -3.07. The van der Waals surface area contributed by atoms with Crippen LogP contribution in [0.3, 0.4) is 0 Å². The first-order valence-electron chi connectivity index (χ1n) is 9.06. The number of nitrogens with zero attached hydrogens (tertiary/aromatic N) is 2. The summed E-state index contributed by atoms with van der Waals surface area (Å²) in [5, 5.41) is 2.97. The maximum absolute atomic E-state index is 14.1. The van der Waals surface area contributed by atoms with Gasteiger partial charge in [-0.1, -0.05) is 23.9 Å². The van der Waals surface area contributed by atoms with Crippen molar-refractivity contribution in [1.82, 2.24) is 0 Å². The van der Waals surface area contributed by atoms with Gasteiger partial charge in [-0.2, -0.15) is 0 Å². The molecular formula is C20H18FN3O4S. The van der Waals surface area contributed by atoms with Crippen LogP contribution in [-0.2, 0) is 9.59 Å². The third kappa shape index (κ3) is 3.91. The number of aliphatic imine (C=N–C) groups is 1. The summed E-state index contributed by atoms with van der Waals surface area (Å²) >= 11 is 1.15. The van der Waals surface area contributed by atoms with Crippen LogP contribution in [0.25, 0.3) is 0 Å². The van der Waals surface area contributed by atoms with E-state index in [1.165, 1.54) is 18.2 Å². The zero-order valence-electron chi connectivity index (χ0n) is 15.6. The number of imide groups is 1. The van der Waals surface area contributed by atoms with E-state index in [0.29, 0.717) is 23.2 Å². The number of fused-ring (bicyclic) bond motifs is 1. The Morgan fingerprint density at radius 2 is 2.03 bits per heavy atom. The molecule has 2 aliphatic rings. The van der Waals surface area contributed by atoms with Crippen molar-refractivity contribution in [1.29, 1.82) is 0 Å². The second-order valence-corrected chi connectivity index (χ2v) is 7.49. The monoisotopic (exact) mass is 415 g/mol. The molecule has 1 fully saturated rings. The number of rotatable bonds is 4. The fraction of sp³-hybridized carbons (Fsp3) is 0.250. The van der Waals surface area contributed by atoms with Crippen LogP contribution in [-0.4, -0.2) is 35.6 Å². The molecule has 150 valence electrons. The lowest BCUT2D eigenvalue weighted by atomic mass is 10.3. The number of thioether (sulfide) groups is 1. The van der Waals surface area contributed by atoms with Crippen molar-refractivity contribution in [2.75, 3.05) is 23.6 Å². The second-order valence-electron chi connectivity index (χ2n) is 6.30. The molecule has 0 radical (unpaired) electrons. The number of ether oxygens (including phenoxy) is 2. The Balaban J connectivity index is 1.50. The van der Waals surface area contributed by atoms with Gasteiger partial charge in [-0.15, -0.1) is 0 Å². The number of carbonyl (C=O) groups is 2. The van der Waals surface area contributed by atoms with Gasteiger partial charge in [0.1, 0.15) is 11.1 Å². The van der Waals surface area contributed by atoms with Gasteiger partial charge in [0.2, 0.25) is 18.6 Å². The number of hydrogen-bond donors (Lipinski definition) is 1. The maximum Gasteiger partial charge on any atom is 0.247 e. The molecule has 0 bridgehead atoms. The lowest BCUT2D eigenvalue weighted by molar-refractivity contribution is -0.121. The molecule has 2 aromatic carbocycles. The Morgan fingerprint density at radius 1 is 1.24 bits per heavy atom. The van der Waals surface area contributed by atoms with Crippen molar-refractivity contribution >= 4 is 40.1 Å².